The fourth-order valence-corrected chi connectivity index (χ4v) is 3.32. The van der Waals surface area contributed by atoms with E-state index in [1.165, 1.54) is 12.8 Å². The van der Waals surface area contributed by atoms with E-state index in [-0.39, 0.29) is 5.91 Å². The van der Waals surface area contributed by atoms with Crippen LogP contribution in [0.3, 0.4) is 0 Å². The number of nitrogens with zero attached hydrogens (tertiary/aromatic N) is 3. The first-order valence-corrected chi connectivity index (χ1v) is 8.23. The lowest BCUT2D eigenvalue weighted by molar-refractivity contribution is -0.117. The molecule has 0 aliphatic carbocycles. The Balaban J connectivity index is 1.64. The molecule has 0 bridgehead atoms. The van der Waals surface area contributed by atoms with Crippen LogP contribution in [0.25, 0.3) is 11.3 Å². The van der Waals surface area contributed by atoms with E-state index in [2.05, 4.69) is 31.2 Å². The highest BCUT2D eigenvalue weighted by molar-refractivity contribution is 9.10. The van der Waals surface area contributed by atoms with Crippen LogP contribution in [0.4, 0.5) is 5.69 Å². The molecule has 1 amide bonds. The van der Waals surface area contributed by atoms with Crippen LogP contribution in [-0.4, -0.2) is 40.2 Å². The smallest absolute Gasteiger partial charge is 0.238 e. The van der Waals surface area contributed by atoms with Gasteiger partial charge in [-0.25, -0.2) is 0 Å². The van der Waals surface area contributed by atoms with Gasteiger partial charge in [-0.05, 0) is 54.0 Å². The molecule has 116 valence electrons. The third kappa shape index (κ3) is 3.56. The summed E-state index contributed by atoms with van der Waals surface area (Å²) in [7, 11) is 1.89. The van der Waals surface area contributed by atoms with Gasteiger partial charge in [0.15, 0.2) is 0 Å². The average molecular weight is 363 g/mol. The molecule has 1 fully saturated rings. The molecule has 0 spiro atoms. The molecule has 1 aromatic carbocycles. The first-order valence-electron chi connectivity index (χ1n) is 7.43. The summed E-state index contributed by atoms with van der Waals surface area (Å²) >= 11 is 3.50. The largest absolute Gasteiger partial charge is 0.325 e. The molecule has 1 aliphatic rings. The lowest BCUT2D eigenvalue weighted by Crippen LogP contribution is -2.30. The Bertz CT molecular complexity index is 659. The third-order valence-corrected chi connectivity index (χ3v) is 4.37. The molecule has 0 unspecified atom stereocenters. The summed E-state index contributed by atoms with van der Waals surface area (Å²) in [6.07, 6.45) is 4.31. The van der Waals surface area contributed by atoms with Crippen molar-refractivity contribution < 1.29 is 4.79 Å². The highest BCUT2D eigenvalue weighted by Gasteiger charge is 2.15. The molecule has 0 saturated carbocycles. The molecule has 1 N–H and O–H groups in total. The number of nitrogens with one attached hydrogen (secondary N) is 1. The van der Waals surface area contributed by atoms with Gasteiger partial charge in [-0.3, -0.25) is 14.4 Å². The Kier molecular flexibility index (Phi) is 4.59. The van der Waals surface area contributed by atoms with Crippen LogP contribution in [0.1, 0.15) is 12.8 Å². The zero-order valence-corrected chi connectivity index (χ0v) is 14.1. The van der Waals surface area contributed by atoms with E-state index < -0.39 is 0 Å². The maximum Gasteiger partial charge on any atom is 0.238 e. The van der Waals surface area contributed by atoms with Crippen LogP contribution in [0.2, 0.25) is 0 Å². The standard InChI is InChI=1S/C16H19BrN4O/c1-20-10-14(17)16(19-20)12-4-6-13(7-5-12)18-15(22)11-21-8-2-3-9-21/h4-7,10H,2-3,8-9,11H2,1H3,(H,18,22). The van der Waals surface area contributed by atoms with Crippen molar-refractivity contribution in [1.82, 2.24) is 14.7 Å². The van der Waals surface area contributed by atoms with Gasteiger partial charge in [0.2, 0.25) is 5.91 Å². The average Bonchev–Trinajstić information content (AvgIpc) is 3.09. The number of anilines is 1. The molecule has 2 aromatic rings. The predicted octanol–water partition coefficient (Wildman–Crippen LogP) is 2.88. The minimum atomic E-state index is 0.0497. The van der Waals surface area contributed by atoms with E-state index in [0.29, 0.717) is 6.54 Å². The summed E-state index contributed by atoms with van der Waals surface area (Å²) in [5.74, 6) is 0.0497. The van der Waals surface area contributed by atoms with Gasteiger partial charge in [0.05, 0.1) is 11.0 Å². The Morgan fingerprint density at radius 3 is 2.55 bits per heavy atom. The summed E-state index contributed by atoms with van der Waals surface area (Å²) < 4.78 is 2.73. The topological polar surface area (TPSA) is 50.2 Å². The quantitative estimate of drug-likeness (QED) is 0.909. The predicted molar refractivity (Wildman–Crippen MR) is 90.6 cm³/mol. The van der Waals surface area contributed by atoms with Crippen LogP contribution < -0.4 is 5.32 Å². The molecule has 0 radical (unpaired) electrons. The number of amides is 1. The van der Waals surface area contributed by atoms with Crippen molar-refractivity contribution in [3.8, 4) is 11.3 Å². The van der Waals surface area contributed by atoms with Gasteiger partial charge in [0.1, 0.15) is 5.69 Å². The number of hydrogen-bond acceptors (Lipinski definition) is 3. The highest BCUT2D eigenvalue weighted by Crippen LogP contribution is 2.27. The van der Waals surface area contributed by atoms with Crippen molar-refractivity contribution in [3.05, 3.63) is 34.9 Å². The lowest BCUT2D eigenvalue weighted by Gasteiger charge is -2.14. The fourth-order valence-electron chi connectivity index (χ4n) is 2.71. The minimum absolute atomic E-state index is 0.0497. The van der Waals surface area contributed by atoms with Gasteiger partial charge in [0, 0.05) is 24.5 Å². The SMILES string of the molecule is Cn1cc(Br)c(-c2ccc(NC(=O)CN3CCCC3)cc2)n1. The number of rotatable bonds is 4. The fraction of sp³-hybridized carbons (Fsp3) is 0.375. The van der Waals surface area contributed by atoms with Crippen molar-refractivity contribution in [2.75, 3.05) is 25.0 Å². The van der Waals surface area contributed by atoms with Crippen molar-refractivity contribution in [2.24, 2.45) is 7.05 Å². The van der Waals surface area contributed by atoms with E-state index in [0.717, 1.165) is 34.5 Å². The number of carbonyl (C=O) groups excluding carboxylic acids is 1. The van der Waals surface area contributed by atoms with E-state index in [4.69, 9.17) is 0 Å². The molecular formula is C16H19BrN4O. The molecule has 3 rings (SSSR count). The number of likely N-dealkylation sites (tertiary alicyclic amines) is 1. The van der Waals surface area contributed by atoms with Crippen LogP contribution in [0, 0.1) is 0 Å². The van der Waals surface area contributed by atoms with Gasteiger partial charge in [-0.2, -0.15) is 5.10 Å². The zero-order chi connectivity index (χ0) is 15.5. The summed E-state index contributed by atoms with van der Waals surface area (Å²) in [4.78, 5) is 14.2. The second-order valence-corrected chi connectivity index (χ2v) is 6.46. The molecule has 6 heteroatoms. The number of hydrogen-bond donors (Lipinski definition) is 1. The Labute approximate surface area is 138 Å². The molecule has 22 heavy (non-hydrogen) atoms. The van der Waals surface area contributed by atoms with Gasteiger partial charge in [-0.15, -0.1) is 0 Å². The van der Waals surface area contributed by atoms with E-state index >= 15 is 0 Å². The summed E-state index contributed by atoms with van der Waals surface area (Å²) in [5.41, 5.74) is 2.74. The summed E-state index contributed by atoms with van der Waals surface area (Å²) in [5, 5.41) is 7.36. The lowest BCUT2D eigenvalue weighted by atomic mass is 10.1. The Hall–Kier alpha value is -1.66. The number of benzene rings is 1. The molecule has 0 atom stereocenters. The molecule has 2 heterocycles. The number of aryl methyl sites for hydroxylation is 1. The third-order valence-electron chi connectivity index (χ3n) is 3.79. The van der Waals surface area contributed by atoms with Crippen LogP contribution >= 0.6 is 15.9 Å². The van der Waals surface area contributed by atoms with Crippen molar-refractivity contribution in [1.29, 1.82) is 0 Å². The van der Waals surface area contributed by atoms with E-state index in [1.807, 2.05) is 37.5 Å². The first kappa shape index (κ1) is 15.2. The summed E-state index contributed by atoms with van der Waals surface area (Å²) in [6, 6.07) is 7.77. The molecule has 1 aromatic heterocycles. The van der Waals surface area contributed by atoms with Gasteiger partial charge in [-0.1, -0.05) is 12.1 Å². The highest BCUT2D eigenvalue weighted by atomic mass is 79.9. The monoisotopic (exact) mass is 362 g/mol. The Morgan fingerprint density at radius 1 is 1.27 bits per heavy atom. The van der Waals surface area contributed by atoms with Crippen LogP contribution in [0.5, 0.6) is 0 Å². The number of halogens is 1. The van der Waals surface area contributed by atoms with Crippen LogP contribution in [-0.2, 0) is 11.8 Å². The summed E-state index contributed by atoms with van der Waals surface area (Å²) in [6.45, 7) is 2.54. The number of carbonyl (C=O) groups is 1. The van der Waals surface area contributed by atoms with Crippen LogP contribution in [0.15, 0.2) is 34.9 Å². The van der Waals surface area contributed by atoms with Crippen molar-refractivity contribution >= 4 is 27.5 Å². The first-order chi connectivity index (χ1) is 10.6. The van der Waals surface area contributed by atoms with Gasteiger partial charge in [0.25, 0.3) is 0 Å². The zero-order valence-electron chi connectivity index (χ0n) is 12.6. The molecular weight excluding hydrogens is 344 g/mol. The Morgan fingerprint density at radius 2 is 1.95 bits per heavy atom. The van der Waals surface area contributed by atoms with Crippen molar-refractivity contribution in [3.63, 3.8) is 0 Å². The molecule has 1 aliphatic heterocycles. The number of aromatic nitrogens is 2. The van der Waals surface area contributed by atoms with E-state index in [9.17, 15) is 4.79 Å². The normalized spacial score (nSPS) is 15.2. The van der Waals surface area contributed by atoms with E-state index in [1.54, 1.807) is 4.68 Å². The maximum atomic E-state index is 12.0. The van der Waals surface area contributed by atoms with Crippen molar-refractivity contribution in [2.45, 2.75) is 12.8 Å². The molecule has 5 nitrogen and oxygen atoms in total. The van der Waals surface area contributed by atoms with Gasteiger partial charge >= 0.3 is 0 Å². The maximum absolute atomic E-state index is 12.0. The minimum Gasteiger partial charge on any atom is -0.325 e. The second kappa shape index (κ2) is 6.62. The second-order valence-electron chi connectivity index (χ2n) is 5.61. The molecule has 1 saturated heterocycles. The van der Waals surface area contributed by atoms with Gasteiger partial charge < -0.3 is 5.32 Å².